The number of fused-ring (bicyclic) bond motifs is 1. The van der Waals surface area contributed by atoms with Crippen molar-refractivity contribution < 1.29 is 14.6 Å². The Morgan fingerprint density at radius 2 is 1.93 bits per heavy atom. The summed E-state index contributed by atoms with van der Waals surface area (Å²) in [5, 5.41) is 11.2. The van der Waals surface area contributed by atoms with Crippen molar-refractivity contribution in [3.63, 3.8) is 0 Å². The summed E-state index contributed by atoms with van der Waals surface area (Å²) in [6, 6.07) is 9.21. The van der Waals surface area contributed by atoms with E-state index >= 15 is 0 Å². The van der Waals surface area contributed by atoms with Gasteiger partial charge in [0.1, 0.15) is 17.5 Å². The van der Waals surface area contributed by atoms with Crippen LogP contribution < -0.4 is 10.5 Å². The molecule has 152 valence electrons. The van der Waals surface area contributed by atoms with E-state index in [9.17, 15) is 5.11 Å². The predicted molar refractivity (Wildman–Crippen MR) is 107 cm³/mol. The Hall–Kier alpha value is -3.63. The second-order valence-corrected chi connectivity index (χ2v) is 7.13. The number of nitrogen functional groups attached to an aromatic ring is 1. The molecule has 5 rings (SSSR count). The molecule has 4 aromatic rings. The summed E-state index contributed by atoms with van der Waals surface area (Å²) in [5.74, 6) is 0.936. The van der Waals surface area contributed by atoms with Gasteiger partial charge in [0.15, 0.2) is 5.82 Å². The first-order chi connectivity index (χ1) is 14.5. The van der Waals surface area contributed by atoms with Gasteiger partial charge in [0, 0.05) is 24.7 Å². The Morgan fingerprint density at radius 1 is 1.13 bits per heavy atom. The Balaban J connectivity index is 1.68. The van der Waals surface area contributed by atoms with Gasteiger partial charge in [-0.2, -0.15) is 9.97 Å². The van der Waals surface area contributed by atoms with E-state index in [1.165, 1.54) is 0 Å². The number of ether oxygens (including phenoxy) is 2. The smallest absolute Gasteiger partial charge is 0.303 e. The molecule has 0 saturated carbocycles. The van der Waals surface area contributed by atoms with Crippen LogP contribution in [0.1, 0.15) is 18.3 Å². The van der Waals surface area contributed by atoms with E-state index < -0.39 is 5.60 Å². The van der Waals surface area contributed by atoms with Crippen LogP contribution >= 0.6 is 0 Å². The van der Waals surface area contributed by atoms with Crippen LogP contribution in [-0.4, -0.2) is 53.9 Å². The van der Waals surface area contributed by atoms with Crippen molar-refractivity contribution in [2.45, 2.75) is 18.6 Å². The van der Waals surface area contributed by atoms with E-state index in [2.05, 4.69) is 24.9 Å². The van der Waals surface area contributed by atoms with Gasteiger partial charge in [-0.25, -0.2) is 19.5 Å². The summed E-state index contributed by atoms with van der Waals surface area (Å²) in [7, 11) is 0. The van der Waals surface area contributed by atoms with Crippen molar-refractivity contribution in [2.75, 3.05) is 18.9 Å². The minimum atomic E-state index is -1.40. The first-order valence-corrected chi connectivity index (χ1v) is 9.38. The highest BCUT2D eigenvalue weighted by atomic mass is 16.6. The second kappa shape index (κ2) is 7.01. The van der Waals surface area contributed by atoms with Crippen LogP contribution in [0.15, 0.2) is 48.9 Å². The third kappa shape index (κ3) is 3.11. The summed E-state index contributed by atoms with van der Waals surface area (Å²) in [6.45, 7) is 2.65. The topological polar surface area (TPSA) is 134 Å². The Kier molecular flexibility index (Phi) is 4.30. The summed E-state index contributed by atoms with van der Waals surface area (Å²) in [4.78, 5) is 21.3. The van der Waals surface area contributed by atoms with Crippen molar-refractivity contribution in [3.8, 4) is 11.8 Å². The third-order valence-electron chi connectivity index (χ3n) is 4.96. The largest absolute Gasteiger partial charge is 0.456 e. The quantitative estimate of drug-likeness (QED) is 0.502. The highest BCUT2D eigenvalue weighted by Crippen LogP contribution is 2.32. The number of anilines is 1. The van der Waals surface area contributed by atoms with Crippen molar-refractivity contribution in [2.24, 2.45) is 0 Å². The molecule has 3 aromatic heterocycles. The fraction of sp³-hybridized carbons (Fsp3) is 0.250. The lowest BCUT2D eigenvalue weighted by Gasteiger charge is -2.26. The van der Waals surface area contributed by atoms with E-state index in [1.807, 2.05) is 12.1 Å². The number of imidazole rings is 1. The zero-order chi connectivity index (χ0) is 20.7. The Labute approximate surface area is 171 Å². The SMILES string of the molecule is CC(O)(c1ccc2nc(OC3COC3)n(-c3ccnc(N)n3)c2c1)c1ncccn1. The van der Waals surface area contributed by atoms with Crippen LogP contribution in [0.5, 0.6) is 6.01 Å². The van der Waals surface area contributed by atoms with Crippen molar-refractivity contribution >= 4 is 17.0 Å². The molecule has 1 atom stereocenters. The molecule has 0 aliphatic carbocycles. The fourth-order valence-corrected chi connectivity index (χ4v) is 3.26. The molecule has 0 radical (unpaired) electrons. The minimum absolute atomic E-state index is 0.0833. The van der Waals surface area contributed by atoms with Crippen LogP contribution in [0.3, 0.4) is 0 Å². The van der Waals surface area contributed by atoms with E-state index in [4.69, 9.17) is 15.2 Å². The van der Waals surface area contributed by atoms with Gasteiger partial charge in [-0.3, -0.25) is 0 Å². The Morgan fingerprint density at radius 3 is 2.63 bits per heavy atom. The van der Waals surface area contributed by atoms with Crippen LogP contribution in [0.25, 0.3) is 16.9 Å². The zero-order valence-corrected chi connectivity index (χ0v) is 16.1. The lowest BCUT2D eigenvalue weighted by atomic mass is 9.94. The molecule has 1 aliphatic heterocycles. The monoisotopic (exact) mass is 405 g/mol. The first kappa shape index (κ1) is 18.4. The summed E-state index contributed by atoms with van der Waals surface area (Å²) < 4.78 is 13.0. The number of hydrogen-bond donors (Lipinski definition) is 2. The number of aromatic nitrogens is 6. The zero-order valence-electron chi connectivity index (χ0n) is 16.1. The van der Waals surface area contributed by atoms with Crippen molar-refractivity contribution in [3.05, 3.63) is 60.3 Å². The molecular formula is C20H19N7O3. The van der Waals surface area contributed by atoms with Gasteiger partial charge in [0.25, 0.3) is 0 Å². The molecule has 1 aromatic carbocycles. The second-order valence-electron chi connectivity index (χ2n) is 7.13. The standard InChI is InChI=1S/C20H19N7O3/c1-20(28,17-22-6-2-7-23-17)12-3-4-14-15(9-12)27(16-5-8-24-18(21)26-16)19(25-14)30-13-10-29-11-13/h2-9,13,28H,10-11H2,1H3,(H2,21,24,26). The van der Waals surface area contributed by atoms with Gasteiger partial charge in [0.2, 0.25) is 5.95 Å². The van der Waals surface area contributed by atoms with Crippen LogP contribution in [0, 0.1) is 0 Å². The average molecular weight is 405 g/mol. The number of rotatable bonds is 5. The lowest BCUT2D eigenvalue weighted by Crippen LogP contribution is -2.39. The van der Waals surface area contributed by atoms with Crippen LogP contribution in [0.4, 0.5) is 5.95 Å². The van der Waals surface area contributed by atoms with Gasteiger partial charge in [-0.05, 0) is 30.7 Å². The lowest BCUT2D eigenvalue weighted by molar-refractivity contribution is -0.0835. The van der Waals surface area contributed by atoms with Gasteiger partial charge in [0.05, 0.1) is 24.2 Å². The maximum Gasteiger partial charge on any atom is 0.303 e. The molecule has 10 nitrogen and oxygen atoms in total. The molecule has 3 N–H and O–H groups in total. The minimum Gasteiger partial charge on any atom is -0.456 e. The van der Waals surface area contributed by atoms with Crippen molar-refractivity contribution in [1.29, 1.82) is 0 Å². The number of hydrogen-bond acceptors (Lipinski definition) is 9. The van der Waals surface area contributed by atoms with Crippen LogP contribution in [0.2, 0.25) is 0 Å². The summed E-state index contributed by atoms with van der Waals surface area (Å²) in [5.41, 5.74) is 6.36. The maximum absolute atomic E-state index is 11.2. The third-order valence-corrected chi connectivity index (χ3v) is 4.96. The van der Waals surface area contributed by atoms with E-state index in [1.54, 1.807) is 48.3 Å². The molecule has 1 aliphatic rings. The average Bonchev–Trinajstić information content (AvgIpc) is 3.08. The number of nitrogens with zero attached hydrogens (tertiary/aromatic N) is 6. The molecule has 1 unspecified atom stereocenters. The van der Waals surface area contributed by atoms with E-state index in [0.29, 0.717) is 47.5 Å². The molecule has 30 heavy (non-hydrogen) atoms. The van der Waals surface area contributed by atoms with Crippen molar-refractivity contribution in [1.82, 2.24) is 29.5 Å². The summed E-state index contributed by atoms with van der Waals surface area (Å²) >= 11 is 0. The highest BCUT2D eigenvalue weighted by molar-refractivity contribution is 5.80. The molecule has 1 fully saturated rings. The van der Waals surface area contributed by atoms with Gasteiger partial charge < -0.3 is 20.3 Å². The molecule has 10 heteroatoms. The molecule has 0 bridgehead atoms. The van der Waals surface area contributed by atoms with E-state index in [-0.39, 0.29) is 12.1 Å². The molecule has 4 heterocycles. The van der Waals surface area contributed by atoms with Gasteiger partial charge >= 0.3 is 6.01 Å². The molecule has 0 amide bonds. The molecular weight excluding hydrogens is 386 g/mol. The predicted octanol–water partition coefficient (Wildman–Crippen LogP) is 1.22. The van der Waals surface area contributed by atoms with Gasteiger partial charge in [-0.15, -0.1) is 0 Å². The van der Waals surface area contributed by atoms with Crippen LogP contribution in [-0.2, 0) is 10.3 Å². The fourth-order valence-electron chi connectivity index (χ4n) is 3.26. The highest BCUT2D eigenvalue weighted by Gasteiger charge is 2.30. The Bertz CT molecular complexity index is 1210. The van der Waals surface area contributed by atoms with E-state index in [0.717, 1.165) is 0 Å². The number of aliphatic hydroxyl groups is 1. The van der Waals surface area contributed by atoms with Gasteiger partial charge in [-0.1, -0.05) is 6.07 Å². The molecule has 1 saturated heterocycles. The molecule has 0 spiro atoms. The number of benzene rings is 1. The maximum atomic E-state index is 11.2. The number of nitrogens with two attached hydrogens (primary N) is 1. The first-order valence-electron chi connectivity index (χ1n) is 9.38. The normalized spacial score (nSPS) is 16.2. The summed E-state index contributed by atoms with van der Waals surface area (Å²) in [6.07, 6.45) is 4.67.